The molecule has 0 saturated heterocycles. The largest absolute Gasteiger partial charge is 0.357 e. The first-order chi connectivity index (χ1) is 15.4. The minimum absolute atomic E-state index is 0.138. The van der Waals surface area contributed by atoms with Gasteiger partial charge in [-0.05, 0) is 67.8 Å². The van der Waals surface area contributed by atoms with Crippen molar-refractivity contribution in [3.63, 3.8) is 0 Å². The van der Waals surface area contributed by atoms with Crippen LogP contribution in [-0.4, -0.2) is 34.2 Å². The fourth-order valence-electron chi connectivity index (χ4n) is 4.58. The van der Waals surface area contributed by atoms with E-state index in [0.717, 1.165) is 19.1 Å². The Balaban J connectivity index is 1.93. The van der Waals surface area contributed by atoms with E-state index in [1.165, 1.54) is 42.2 Å². The molecule has 3 nitrogen and oxygen atoms in total. The third-order valence-electron chi connectivity index (χ3n) is 5.92. The van der Waals surface area contributed by atoms with E-state index in [0.29, 0.717) is 28.6 Å². The zero-order chi connectivity index (χ0) is 24.1. The number of aromatic nitrogens is 1. The zero-order valence-electron chi connectivity index (χ0n) is 18.4. The first-order valence-corrected chi connectivity index (χ1v) is 10.6. The molecule has 4 rings (SSSR count). The fourth-order valence-corrected chi connectivity index (χ4v) is 4.58. The predicted molar refractivity (Wildman–Crippen MR) is 117 cm³/mol. The number of hydrogen-bond donors (Lipinski definition) is 1. The first-order valence-electron chi connectivity index (χ1n) is 10.6. The Bertz CT molecular complexity index is 1230. The van der Waals surface area contributed by atoms with E-state index in [1.807, 2.05) is 0 Å². The Morgan fingerprint density at radius 2 is 1.85 bits per heavy atom. The topological polar surface area (TPSA) is 36.1 Å². The number of nitrogens with one attached hydrogen (secondary N) is 1. The molecule has 0 bridgehead atoms. The highest BCUT2D eigenvalue weighted by Gasteiger charge is 2.42. The van der Waals surface area contributed by atoms with E-state index >= 15 is 8.78 Å². The summed E-state index contributed by atoms with van der Waals surface area (Å²) in [6.45, 7) is 3.06. The molecule has 0 fully saturated rings. The molecule has 2 aromatic carbocycles. The Hall–Kier alpha value is -3.00. The van der Waals surface area contributed by atoms with E-state index in [9.17, 15) is 18.0 Å². The van der Waals surface area contributed by atoms with Gasteiger partial charge in [-0.2, -0.15) is 0 Å². The molecule has 1 unspecified atom stereocenters. The van der Waals surface area contributed by atoms with Crippen molar-refractivity contribution in [2.24, 2.45) is 0 Å². The number of aromatic amines is 1. The molecular weight excluding hydrogens is 439 g/mol. The average Bonchev–Trinajstić information content (AvgIpc) is 3.04. The number of alkyl halides is 2. The molecular formula is C25H23F5N2O. The summed E-state index contributed by atoms with van der Waals surface area (Å²) < 4.78 is 72.8. The minimum Gasteiger partial charge on any atom is -0.357 e. The second-order valence-electron chi connectivity index (χ2n) is 8.75. The lowest BCUT2D eigenvalue weighted by atomic mass is 9.87. The Morgan fingerprint density at radius 1 is 1.18 bits per heavy atom. The Kier molecular flexibility index (Phi) is 5.90. The SMILES string of the molecule is CC(=O)/C=C/c1cc(F)c([C@@H]2c3[nH]c4ccc(F)cc4c3CC(C)N2CC(C)(F)F)c(F)c1. The van der Waals surface area contributed by atoms with Gasteiger partial charge in [0.2, 0.25) is 0 Å². The van der Waals surface area contributed by atoms with Crippen molar-refractivity contribution < 1.29 is 26.7 Å². The van der Waals surface area contributed by atoms with Crippen molar-refractivity contribution in [2.75, 3.05) is 6.54 Å². The molecule has 2 atom stereocenters. The molecule has 8 heteroatoms. The van der Waals surface area contributed by atoms with Crippen molar-refractivity contribution in [2.45, 2.75) is 45.2 Å². The second kappa shape index (κ2) is 8.41. The summed E-state index contributed by atoms with van der Waals surface area (Å²) in [6, 6.07) is 4.59. The van der Waals surface area contributed by atoms with E-state index in [1.54, 1.807) is 6.92 Å². The standard InChI is InChI=1S/C25H23F5N2O/c1-13-8-18-17-11-16(26)6-7-21(17)31-23(18)24(32(13)12-25(3,29)30)22-19(27)9-15(10-20(22)28)5-4-14(2)33/h4-7,9-11,13,24,31H,8,12H2,1-3H3/b5-4+/t13?,24-/m1/s1. The van der Waals surface area contributed by atoms with E-state index in [-0.39, 0.29) is 16.9 Å². The van der Waals surface area contributed by atoms with Gasteiger partial charge < -0.3 is 4.98 Å². The van der Waals surface area contributed by atoms with Crippen LogP contribution in [0.25, 0.3) is 17.0 Å². The Morgan fingerprint density at radius 3 is 2.45 bits per heavy atom. The fraction of sp³-hybridized carbons (Fsp3) is 0.320. The zero-order valence-corrected chi connectivity index (χ0v) is 18.4. The highest BCUT2D eigenvalue weighted by Crippen LogP contribution is 2.43. The highest BCUT2D eigenvalue weighted by molar-refractivity contribution is 5.91. The van der Waals surface area contributed by atoms with Gasteiger partial charge in [-0.15, -0.1) is 0 Å². The van der Waals surface area contributed by atoms with E-state index in [4.69, 9.17) is 0 Å². The smallest absolute Gasteiger partial charge is 0.257 e. The molecule has 1 aliphatic rings. The molecule has 1 N–H and O–H groups in total. The molecule has 3 aromatic rings. The number of carbonyl (C=O) groups is 1. The van der Waals surface area contributed by atoms with Gasteiger partial charge in [0.15, 0.2) is 5.78 Å². The molecule has 1 aromatic heterocycles. The van der Waals surface area contributed by atoms with Gasteiger partial charge in [0.1, 0.15) is 17.5 Å². The lowest BCUT2D eigenvalue weighted by Gasteiger charge is -2.42. The van der Waals surface area contributed by atoms with Crippen molar-refractivity contribution in [1.82, 2.24) is 9.88 Å². The summed E-state index contributed by atoms with van der Waals surface area (Å²) in [4.78, 5) is 15.6. The summed E-state index contributed by atoms with van der Waals surface area (Å²) in [7, 11) is 0. The number of rotatable bonds is 5. The summed E-state index contributed by atoms with van der Waals surface area (Å²) in [5.41, 5.74) is 1.34. The summed E-state index contributed by atoms with van der Waals surface area (Å²) >= 11 is 0. The molecule has 33 heavy (non-hydrogen) atoms. The first kappa shape index (κ1) is 23.2. The molecule has 2 heterocycles. The molecule has 1 aliphatic heterocycles. The highest BCUT2D eigenvalue weighted by atomic mass is 19.3. The number of ketones is 1. The van der Waals surface area contributed by atoms with Gasteiger partial charge in [0.25, 0.3) is 5.92 Å². The number of benzene rings is 2. The molecule has 174 valence electrons. The molecule has 0 amide bonds. The summed E-state index contributed by atoms with van der Waals surface area (Å²) in [5, 5.41) is 0.562. The van der Waals surface area contributed by atoms with Crippen LogP contribution in [0.15, 0.2) is 36.4 Å². The normalized spacial score (nSPS) is 19.4. The average molecular weight is 462 g/mol. The van der Waals surface area contributed by atoms with Crippen LogP contribution < -0.4 is 0 Å². The number of hydrogen-bond acceptors (Lipinski definition) is 2. The van der Waals surface area contributed by atoms with Crippen LogP contribution >= 0.6 is 0 Å². The van der Waals surface area contributed by atoms with E-state index in [2.05, 4.69) is 4.98 Å². The van der Waals surface area contributed by atoms with Crippen LogP contribution in [0.1, 0.15) is 49.2 Å². The number of allylic oxidation sites excluding steroid dienone is 1. The lowest BCUT2D eigenvalue weighted by molar-refractivity contribution is -0.112. The number of H-pyrrole nitrogens is 1. The van der Waals surface area contributed by atoms with Crippen LogP contribution in [0.4, 0.5) is 22.0 Å². The van der Waals surface area contributed by atoms with Crippen LogP contribution in [0.3, 0.4) is 0 Å². The molecule has 0 saturated carbocycles. The molecule has 0 radical (unpaired) electrons. The lowest BCUT2D eigenvalue weighted by Crippen LogP contribution is -2.47. The quantitative estimate of drug-likeness (QED) is 0.363. The van der Waals surface area contributed by atoms with Gasteiger partial charge in [-0.3, -0.25) is 9.69 Å². The maximum atomic E-state index is 15.3. The van der Waals surface area contributed by atoms with Gasteiger partial charge in [0.05, 0.1) is 12.6 Å². The van der Waals surface area contributed by atoms with Crippen LogP contribution in [0.2, 0.25) is 0 Å². The number of carbonyl (C=O) groups excluding carboxylic acids is 1. The van der Waals surface area contributed by atoms with Crippen molar-refractivity contribution in [3.8, 4) is 0 Å². The number of halogens is 5. The van der Waals surface area contributed by atoms with Crippen molar-refractivity contribution in [1.29, 1.82) is 0 Å². The van der Waals surface area contributed by atoms with Crippen LogP contribution in [0.5, 0.6) is 0 Å². The van der Waals surface area contributed by atoms with Gasteiger partial charge in [0, 0.05) is 35.1 Å². The maximum absolute atomic E-state index is 15.3. The summed E-state index contributed by atoms with van der Waals surface area (Å²) in [5.74, 6) is -5.70. The van der Waals surface area contributed by atoms with Crippen LogP contribution in [0, 0.1) is 17.5 Å². The second-order valence-corrected chi connectivity index (χ2v) is 8.75. The number of fused-ring (bicyclic) bond motifs is 3. The van der Waals surface area contributed by atoms with Gasteiger partial charge >= 0.3 is 0 Å². The minimum atomic E-state index is -3.11. The predicted octanol–water partition coefficient (Wildman–Crippen LogP) is 6.18. The monoisotopic (exact) mass is 462 g/mol. The number of nitrogens with zero attached hydrogens (tertiary/aromatic N) is 1. The van der Waals surface area contributed by atoms with Crippen LogP contribution in [-0.2, 0) is 11.2 Å². The molecule has 0 spiro atoms. The van der Waals surface area contributed by atoms with E-state index < -0.39 is 42.0 Å². The Labute approximate surface area is 187 Å². The third-order valence-corrected chi connectivity index (χ3v) is 5.92. The van der Waals surface area contributed by atoms with Crippen molar-refractivity contribution in [3.05, 3.63) is 76.2 Å². The third kappa shape index (κ3) is 4.57. The van der Waals surface area contributed by atoms with Gasteiger partial charge in [-0.1, -0.05) is 6.08 Å². The van der Waals surface area contributed by atoms with Crippen molar-refractivity contribution >= 4 is 22.8 Å². The summed E-state index contributed by atoms with van der Waals surface area (Å²) in [6.07, 6.45) is 2.79. The molecule has 0 aliphatic carbocycles. The van der Waals surface area contributed by atoms with Gasteiger partial charge in [-0.25, -0.2) is 22.0 Å². The maximum Gasteiger partial charge on any atom is 0.257 e.